The Morgan fingerprint density at radius 1 is 1.17 bits per heavy atom. The number of fused-ring (bicyclic) bond motifs is 1. The Kier molecular flexibility index (Phi) is 5.83. The van der Waals surface area contributed by atoms with E-state index in [9.17, 15) is 9.59 Å². The molecule has 4 rings (SSSR count). The third-order valence-corrected chi connectivity index (χ3v) is 5.65. The molecule has 0 saturated heterocycles. The summed E-state index contributed by atoms with van der Waals surface area (Å²) >= 11 is 0. The maximum Gasteiger partial charge on any atom is 0.255 e. The van der Waals surface area contributed by atoms with Crippen LogP contribution in [0.4, 0.5) is 0 Å². The van der Waals surface area contributed by atoms with Gasteiger partial charge in [-0.25, -0.2) is 0 Å². The molecule has 7 nitrogen and oxygen atoms in total. The van der Waals surface area contributed by atoms with E-state index in [1.54, 1.807) is 6.20 Å². The van der Waals surface area contributed by atoms with Gasteiger partial charge in [0.1, 0.15) is 5.75 Å². The fourth-order valence-corrected chi connectivity index (χ4v) is 3.70. The van der Waals surface area contributed by atoms with Gasteiger partial charge in [0.15, 0.2) is 0 Å². The summed E-state index contributed by atoms with van der Waals surface area (Å²) in [6.45, 7) is 4.09. The number of hydrogen-bond acceptors (Lipinski definition) is 4. The smallest absolute Gasteiger partial charge is 0.255 e. The molecule has 1 aromatic carbocycles. The second-order valence-electron chi connectivity index (χ2n) is 8.07. The molecule has 154 valence electrons. The first-order valence-electron chi connectivity index (χ1n) is 10.4. The Morgan fingerprint density at radius 2 is 2.00 bits per heavy atom. The van der Waals surface area contributed by atoms with Gasteiger partial charge >= 0.3 is 0 Å². The third-order valence-electron chi connectivity index (χ3n) is 5.65. The Bertz CT molecular complexity index is 888. The Labute approximate surface area is 170 Å². The number of aromatic nitrogens is 2. The van der Waals surface area contributed by atoms with Gasteiger partial charge in [-0.15, -0.1) is 0 Å². The lowest BCUT2D eigenvalue weighted by atomic mass is 9.94. The van der Waals surface area contributed by atoms with Gasteiger partial charge in [0.05, 0.1) is 24.1 Å². The summed E-state index contributed by atoms with van der Waals surface area (Å²) in [5.41, 5.74) is 2.54. The standard InChI is InChI=1S/C22H28N4O3/c1-15(27)23-11-17-8-9-26-20(10-17)19(13-25-26)22(28)24-12-18-4-2-3-5-21(18)29-14-16-6-7-16/h2-5,13,16-17H,6-12,14H2,1H3,(H,23,27)(H,24,28)/t17-/m0/s1. The van der Waals surface area contributed by atoms with E-state index in [4.69, 9.17) is 4.74 Å². The van der Waals surface area contributed by atoms with Gasteiger partial charge in [-0.2, -0.15) is 5.10 Å². The number of ether oxygens (including phenoxy) is 1. The predicted molar refractivity (Wildman–Crippen MR) is 109 cm³/mol. The maximum absolute atomic E-state index is 12.8. The molecule has 0 radical (unpaired) electrons. The van der Waals surface area contributed by atoms with E-state index < -0.39 is 0 Å². The van der Waals surface area contributed by atoms with Gasteiger partial charge in [0.2, 0.25) is 5.91 Å². The van der Waals surface area contributed by atoms with E-state index in [0.717, 1.165) is 43.0 Å². The minimum absolute atomic E-state index is 0.0235. The second-order valence-corrected chi connectivity index (χ2v) is 8.07. The number of hydrogen-bond donors (Lipinski definition) is 2. The molecule has 0 unspecified atom stereocenters. The molecule has 0 spiro atoms. The van der Waals surface area contributed by atoms with E-state index >= 15 is 0 Å². The lowest BCUT2D eigenvalue weighted by Gasteiger charge is -2.24. The molecule has 2 heterocycles. The molecule has 2 N–H and O–H groups in total. The van der Waals surface area contributed by atoms with Crippen LogP contribution in [0.1, 0.15) is 47.8 Å². The SMILES string of the molecule is CC(=O)NC[C@H]1CCn2ncc(C(=O)NCc3ccccc3OCC3CC3)c2C1. The van der Waals surface area contributed by atoms with E-state index in [2.05, 4.69) is 15.7 Å². The number of carbonyl (C=O) groups excluding carboxylic acids is 2. The first-order valence-corrected chi connectivity index (χ1v) is 10.4. The van der Waals surface area contributed by atoms with Crippen molar-refractivity contribution in [3.05, 3.63) is 47.3 Å². The lowest BCUT2D eigenvalue weighted by Crippen LogP contribution is -2.33. The van der Waals surface area contributed by atoms with Gasteiger partial charge in [0.25, 0.3) is 5.91 Å². The van der Waals surface area contributed by atoms with Crippen LogP contribution < -0.4 is 15.4 Å². The van der Waals surface area contributed by atoms with Crippen molar-refractivity contribution in [2.45, 2.75) is 45.7 Å². The van der Waals surface area contributed by atoms with E-state index in [0.29, 0.717) is 30.5 Å². The van der Waals surface area contributed by atoms with Crippen LogP contribution in [0.2, 0.25) is 0 Å². The minimum atomic E-state index is -0.122. The third kappa shape index (κ3) is 4.96. The molecule has 7 heteroatoms. The van der Waals surface area contributed by atoms with Gasteiger partial charge < -0.3 is 15.4 Å². The first kappa shape index (κ1) is 19.5. The number of nitrogens with zero attached hydrogens (tertiary/aromatic N) is 2. The molecule has 29 heavy (non-hydrogen) atoms. The van der Waals surface area contributed by atoms with Crippen molar-refractivity contribution in [2.75, 3.05) is 13.2 Å². The zero-order valence-electron chi connectivity index (χ0n) is 16.8. The summed E-state index contributed by atoms with van der Waals surface area (Å²) in [6.07, 6.45) is 5.83. The number of rotatable bonds is 8. The van der Waals surface area contributed by atoms with Crippen LogP contribution in [-0.4, -0.2) is 34.7 Å². The highest BCUT2D eigenvalue weighted by atomic mass is 16.5. The van der Waals surface area contributed by atoms with Crippen molar-refractivity contribution in [1.82, 2.24) is 20.4 Å². The molecule has 1 fully saturated rings. The normalized spacial score (nSPS) is 18.0. The maximum atomic E-state index is 12.8. The highest BCUT2D eigenvalue weighted by Crippen LogP contribution is 2.30. The zero-order chi connectivity index (χ0) is 20.2. The largest absolute Gasteiger partial charge is 0.493 e. The summed E-state index contributed by atoms with van der Waals surface area (Å²) in [5, 5.41) is 10.3. The van der Waals surface area contributed by atoms with Gasteiger partial charge in [-0.3, -0.25) is 14.3 Å². The molecule has 1 atom stereocenters. The van der Waals surface area contributed by atoms with E-state index in [-0.39, 0.29) is 11.8 Å². The van der Waals surface area contributed by atoms with E-state index in [1.807, 2.05) is 28.9 Å². The number of aryl methyl sites for hydroxylation is 1. The van der Waals surface area contributed by atoms with Gasteiger partial charge in [-0.05, 0) is 43.6 Å². The Hall–Kier alpha value is -2.83. The predicted octanol–water partition coefficient (Wildman–Crippen LogP) is 2.30. The lowest BCUT2D eigenvalue weighted by molar-refractivity contribution is -0.119. The van der Waals surface area contributed by atoms with Crippen LogP contribution in [0.5, 0.6) is 5.75 Å². The highest BCUT2D eigenvalue weighted by Gasteiger charge is 2.26. The van der Waals surface area contributed by atoms with Crippen LogP contribution in [0.15, 0.2) is 30.5 Å². The zero-order valence-corrected chi connectivity index (χ0v) is 16.8. The Balaban J connectivity index is 1.38. The van der Waals surface area contributed by atoms with Crippen LogP contribution in [0.3, 0.4) is 0 Å². The van der Waals surface area contributed by atoms with Crippen molar-refractivity contribution in [3.63, 3.8) is 0 Å². The molecule has 1 aromatic heterocycles. The van der Waals surface area contributed by atoms with Crippen LogP contribution in [-0.2, 0) is 24.3 Å². The molecule has 1 saturated carbocycles. The fraction of sp³-hybridized carbons (Fsp3) is 0.500. The molecular weight excluding hydrogens is 368 g/mol. The molecule has 2 aromatic rings. The molecule has 1 aliphatic carbocycles. The average Bonchev–Trinajstić information content (AvgIpc) is 3.46. The fourth-order valence-electron chi connectivity index (χ4n) is 3.70. The van der Waals surface area contributed by atoms with Gasteiger partial charge in [-0.1, -0.05) is 18.2 Å². The summed E-state index contributed by atoms with van der Waals surface area (Å²) < 4.78 is 7.84. The molecule has 2 aliphatic rings. The molecule has 2 amide bonds. The van der Waals surface area contributed by atoms with Crippen molar-refractivity contribution < 1.29 is 14.3 Å². The van der Waals surface area contributed by atoms with Gasteiger partial charge in [0, 0.05) is 32.1 Å². The number of benzene rings is 1. The van der Waals surface area contributed by atoms with Crippen molar-refractivity contribution in [1.29, 1.82) is 0 Å². The summed E-state index contributed by atoms with van der Waals surface area (Å²) in [4.78, 5) is 24.0. The molecule has 1 aliphatic heterocycles. The summed E-state index contributed by atoms with van der Waals surface area (Å²) in [6, 6.07) is 7.86. The van der Waals surface area contributed by atoms with E-state index in [1.165, 1.54) is 19.8 Å². The number of nitrogens with one attached hydrogen (secondary N) is 2. The highest BCUT2D eigenvalue weighted by molar-refractivity contribution is 5.95. The summed E-state index contributed by atoms with van der Waals surface area (Å²) in [5.74, 6) is 1.70. The topological polar surface area (TPSA) is 85.2 Å². The first-order chi connectivity index (χ1) is 14.1. The number of amides is 2. The average molecular weight is 396 g/mol. The van der Waals surface area contributed by atoms with Crippen LogP contribution in [0, 0.1) is 11.8 Å². The monoisotopic (exact) mass is 396 g/mol. The summed E-state index contributed by atoms with van der Waals surface area (Å²) in [7, 11) is 0. The van der Waals surface area contributed by atoms with Crippen molar-refractivity contribution >= 4 is 11.8 Å². The van der Waals surface area contributed by atoms with Crippen LogP contribution in [0.25, 0.3) is 0 Å². The minimum Gasteiger partial charge on any atom is -0.493 e. The van der Waals surface area contributed by atoms with Crippen molar-refractivity contribution in [2.24, 2.45) is 11.8 Å². The number of carbonyl (C=O) groups is 2. The Morgan fingerprint density at radius 3 is 2.79 bits per heavy atom. The molecule has 0 bridgehead atoms. The molecular formula is C22H28N4O3. The van der Waals surface area contributed by atoms with Crippen LogP contribution >= 0.6 is 0 Å². The quantitative estimate of drug-likeness (QED) is 0.717. The number of para-hydroxylation sites is 1. The second kappa shape index (κ2) is 8.68. The van der Waals surface area contributed by atoms with Crippen molar-refractivity contribution in [3.8, 4) is 5.75 Å².